The summed E-state index contributed by atoms with van der Waals surface area (Å²) < 4.78 is 5.80. The Kier molecular flexibility index (Phi) is 2.21. The minimum atomic E-state index is 0.108. The molecule has 2 heteroatoms. The third-order valence-corrected chi connectivity index (χ3v) is 3.72. The quantitative estimate of drug-likeness (QED) is 0.825. The van der Waals surface area contributed by atoms with E-state index in [1.165, 1.54) is 24.0 Å². The van der Waals surface area contributed by atoms with Gasteiger partial charge in [0, 0.05) is 5.54 Å². The fraction of sp³-hybridized carbons (Fsp3) is 0.571. The van der Waals surface area contributed by atoms with E-state index in [0.717, 1.165) is 25.0 Å². The zero-order valence-electron chi connectivity index (χ0n) is 9.83. The first-order chi connectivity index (χ1) is 7.65. The first-order valence-electron chi connectivity index (χ1n) is 6.22. The van der Waals surface area contributed by atoms with Gasteiger partial charge in [-0.15, -0.1) is 0 Å². The van der Waals surface area contributed by atoms with Gasteiger partial charge in [0.2, 0.25) is 0 Å². The molecule has 1 aromatic carbocycles. The predicted molar refractivity (Wildman–Crippen MR) is 64.7 cm³/mol. The third-order valence-electron chi connectivity index (χ3n) is 3.72. The van der Waals surface area contributed by atoms with Crippen LogP contribution in [0.15, 0.2) is 18.2 Å². The summed E-state index contributed by atoms with van der Waals surface area (Å²) in [5.74, 6) is 1.07. The Morgan fingerprint density at radius 1 is 1.44 bits per heavy atom. The Labute approximate surface area is 96.8 Å². The molecular formula is C14H19NO. The van der Waals surface area contributed by atoms with Gasteiger partial charge in [0.15, 0.2) is 0 Å². The van der Waals surface area contributed by atoms with Crippen LogP contribution in [0.2, 0.25) is 0 Å². The van der Waals surface area contributed by atoms with Gasteiger partial charge in [0.05, 0.1) is 6.10 Å². The normalized spacial score (nSPS) is 25.8. The molecule has 1 aliphatic heterocycles. The molecule has 0 saturated heterocycles. The fourth-order valence-electron chi connectivity index (χ4n) is 2.43. The van der Waals surface area contributed by atoms with Crippen molar-refractivity contribution in [3.8, 4) is 5.75 Å². The summed E-state index contributed by atoms with van der Waals surface area (Å²) in [6.45, 7) is 2.13. The average Bonchev–Trinajstić information content (AvgIpc) is 2.96. The summed E-state index contributed by atoms with van der Waals surface area (Å²) in [4.78, 5) is 0. The molecule has 3 rings (SSSR count). The van der Waals surface area contributed by atoms with E-state index in [1.807, 2.05) is 0 Å². The van der Waals surface area contributed by atoms with Crippen LogP contribution < -0.4 is 10.5 Å². The Balaban J connectivity index is 1.82. The van der Waals surface area contributed by atoms with E-state index < -0.39 is 0 Å². The van der Waals surface area contributed by atoms with Crippen LogP contribution in [0.4, 0.5) is 0 Å². The van der Waals surface area contributed by atoms with Gasteiger partial charge in [-0.2, -0.15) is 0 Å². The molecule has 2 nitrogen and oxygen atoms in total. The van der Waals surface area contributed by atoms with Crippen molar-refractivity contribution in [1.82, 2.24) is 0 Å². The van der Waals surface area contributed by atoms with E-state index in [-0.39, 0.29) is 5.54 Å². The number of aryl methyl sites for hydroxylation is 1. The number of hydrogen-bond donors (Lipinski definition) is 1. The molecule has 0 radical (unpaired) electrons. The molecule has 1 unspecified atom stereocenters. The van der Waals surface area contributed by atoms with Crippen molar-refractivity contribution in [1.29, 1.82) is 0 Å². The summed E-state index contributed by atoms with van der Waals surface area (Å²) in [5, 5.41) is 0. The molecule has 2 aliphatic rings. The number of hydrogen-bond acceptors (Lipinski definition) is 2. The van der Waals surface area contributed by atoms with Gasteiger partial charge < -0.3 is 10.5 Å². The monoisotopic (exact) mass is 217 g/mol. The van der Waals surface area contributed by atoms with E-state index in [4.69, 9.17) is 10.5 Å². The summed E-state index contributed by atoms with van der Waals surface area (Å²) >= 11 is 0. The van der Waals surface area contributed by atoms with Gasteiger partial charge in [-0.1, -0.05) is 12.1 Å². The average molecular weight is 217 g/mol. The second kappa shape index (κ2) is 3.49. The molecule has 0 spiro atoms. The summed E-state index contributed by atoms with van der Waals surface area (Å²) in [6, 6.07) is 6.57. The second-order valence-corrected chi connectivity index (χ2v) is 5.45. The van der Waals surface area contributed by atoms with Gasteiger partial charge >= 0.3 is 0 Å². The molecule has 0 amide bonds. The summed E-state index contributed by atoms with van der Waals surface area (Å²) in [7, 11) is 0. The topological polar surface area (TPSA) is 35.2 Å². The van der Waals surface area contributed by atoms with Crippen LogP contribution in [0, 0.1) is 0 Å². The largest absolute Gasteiger partial charge is 0.490 e. The van der Waals surface area contributed by atoms with E-state index in [2.05, 4.69) is 25.1 Å². The maximum absolute atomic E-state index is 6.15. The van der Waals surface area contributed by atoms with Crippen molar-refractivity contribution in [3.63, 3.8) is 0 Å². The zero-order valence-corrected chi connectivity index (χ0v) is 9.83. The number of benzene rings is 1. The van der Waals surface area contributed by atoms with Crippen LogP contribution in [0.1, 0.15) is 37.3 Å². The van der Waals surface area contributed by atoms with E-state index >= 15 is 0 Å². The van der Waals surface area contributed by atoms with Crippen LogP contribution in [0.25, 0.3) is 0 Å². The van der Waals surface area contributed by atoms with Crippen molar-refractivity contribution in [2.45, 2.75) is 50.7 Å². The molecule has 1 aliphatic carbocycles. The Morgan fingerprint density at radius 2 is 2.25 bits per heavy atom. The molecule has 86 valence electrons. The number of fused-ring (bicyclic) bond motifs is 1. The lowest BCUT2D eigenvalue weighted by molar-refractivity contribution is 0.192. The van der Waals surface area contributed by atoms with Gasteiger partial charge in [0.1, 0.15) is 5.75 Å². The predicted octanol–water partition coefficient (Wildman–Crippen LogP) is 2.43. The SMILES string of the molecule is CC1CCc2cc(CC3(N)CC3)ccc2O1. The highest BCUT2D eigenvalue weighted by atomic mass is 16.5. The molecule has 1 saturated carbocycles. The highest BCUT2D eigenvalue weighted by molar-refractivity contribution is 5.39. The maximum Gasteiger partial charge on any atom is 0.122 e. The highest BCUT2D eigenvalue weighted by Crippen LogP contribution is 2.37. The molecule has 1 atom stereocenters. The fourth-order valence-corrected chi connectivity index (χ4v) is 2.43. The highest BCUT2D eigenvalue weighted by Gasteiger charge is 2.38. The molecule has 1 aromatic rings. The smallest absolute Gasteiger partial charge is 0.122 e. The summed E-state index contributed by atoms with van der Waals surface area (Å²) in [6.07, 6.45) is 6.01. The van der Waals surface area contributed by atoms with Gasteiger partial charge in [-0.3, -0.25) is 0 Å². The third kappa shape index (κ3) is 1.94. The van der Waals surface area contributed by atoms with E-state index in [1.54, 1.807) is 0 Å². The Bertz CT molecular complexity index is 409. The molecule has 1 fully saturated rings. The standard InChI is InChI=1S/C14H19NO/c1-10-2-4-12-8-11(3-5-13(12)16-10)9-14(15)6-7-14/h3,5,8,10H,2,4,6-7,9,15H2,1H3. The van der Waals surface area contributed by atoms with Crippen LogP contribution in [-0.4, -0.2) is 11.6 Å². The van der Waals surface area contributed by atoms with Crippen LogP contribution >= 0.6 is 0 Å². The molecule has 0 aromatic heterocycles. The van der Waals surface area contributed by atoms with Gasteiger partial charge in [0.25, 0.3) is 0 Å². The van der Waals surface area contributed by atoms with Crippen molar-refractivity contribution < 1.29 is 4.74 Å². The Morgan fingerprint density at radius 3 is 3.00 bits per heavy atom. The first kappa shape index (κ1) is 10.2. The molecule has 0 bridgehead atoms. The van der Waals surface area contributed by atoms with Crippen LogP contribution in [-0.2, 0) is 12.8 Å². The van der Waals surface area contributed by atoms with Crippen LogP contribution in [0.3, 0.4) is 0 Å². The van der Waals surface area contributed by atoms with Crippen molar-refractivity contribution in [3.05, 3.63) is 29.3 Å². The van der Waals surface area contributed by atoms with Crippen molar-refractivity contribution >= 4 is 0 Å². The molecule has 1 heterocycles. The van der Waals surface area contributed by atoms with Crippen molar-refractivity contribution in [2.24, 2.45) is 5.73 Å². The molecule has 2 N–H and O–H groups in total. The van der Waals surface area contributed by atoms with Gasteiger partial charge in [-0.05, 0) is 56.2 Å². The summed E-state index contributed by atoms with van der Waals surface area (Å²) in [5.41, 5.74) is 8.99. The first-order valence-corrected chi connectivity index (χ1v) is 6.22. The lowest BCUT2D eigenvalue weighted by atomic mass is 9.97. The van der Waals surface area contributed by atoms with Crippen molar-refractivity contribution in [2.75, 3.05) is 0 Å². The van der Waals surface area contributed by atoms with E-state index in [0.29, 0.717) is 6.10 Å². The van der Waals surface area contributed by atoms with Gasteiger partial charge in [-0.25, -0.2) is 0 Å². The molecular weight excluding hydrogens is 198 g/mol. The number of rotatable bonds is 2. The molecule has 16 heavy (non-hydrogen) atoms. The van der Waals surface area contributed by atoms with E-state index in [9.17, 15) is 0 Å². The minimum Gasteiger partial charge on any atom is -0.490 e. The zero-order chi connectivity index (χ0) is 11.2. The van der Waals surface area contributed by atoms with Crippen LogP contribution in [0.5, 0.6) is 5.75 Å². The Hall–Kier alpha value is -1.02. The number of ether oxygens (including phenoxy) is 1. The second-order valence-electron chi connectivity index (χ2n) is 5.45. The lowest BCUT2D eigenvalue weighted by Crippen LogP contribution is -2.25. The minimum absolute atomic E-state index is 0.108. The maximum atomic E-state index is 6.15. The lowest BCUT2D eigenvalue weighted by Gasteiger charge is -2.24. The number of nitrogens with two attached hydrogens (primary N) is 1.